The molecule has 2 aliphatic rings. The molecule has 0 fully saturated rings. The molecular formula is C26H29N3O. The minimum Gasteiger partial charge on any atom is -0.492 e. The van der Waals surface area contributed by atoms with Gasteiger partial charge < -0.3 is 10.5 Å². The Morgan fingerprint density at radius 1 is 0.867 bits per heavy atom. The van der Waals surface area contributed by atoms with Gasteiger partial charge in [-0.3, -0.25) is 4.90 Å². The van der Waals surface area contributed by atoms with Crippen molar-refractivity contribution in [1.82, 2.24) is 9.88 Å². The minimum atomic E-state index is 0.570. The molecule has 0 saturated carbocycles. The molecule has 1 aromatic heterocycles. The van der Waals surface area contributed by atoms with E-state index in [1.165, 1.54) is 40.7 Å². The monoisotopic (exact) mass is 399 g/mol. The lowest BCUT2D eigenvalue weighted by Gasteiger charge is -2.29. The fourth-order valence-electron chi connectivity index (χ4n) is 4.84. The minimum absolute atomic E-state index is 0.570. The van der Waals surface area contributed by atoms with Gasteiger partial charge in [-0.1, -0.05) is 30.3 Å². The van der Waals surface area contributed by atoms with Crippen LogP contribution in [0.25, 0.3) is 11.3 Å². The Morgan fingerprint density at radius 2 is 1.70 bits per heavy atom. The van der Waals surface area contributed by atoms with Crippen LogP contribution in [-0.2, 0) is 25.8 Å². The van der Waals surface area contributed by atoms with Crippen LogP contribution in [0.4, 0.5) is 5.82 Å². The number of hydrogen-bond donors (Lipinski definition) is 1. The normalized spacial score (nSPS) is 16.0. The maximum Gasteiger partial charge on any atom is 0.124 e. The standard InChI is InChI=1S/C26H29N3O/c27-26-11-5-10-24(28-26)22-12-13-25(23-9-4-3-8-21(22)23)30-17-16-29-15-14-19-6-1-2-7-20(19)18-29/h1-2,5-7,10-13H,3-4,8-9,14-18H2,(H2,27,28). The molecule has 0 saturated heterocycles. The third-order valence-corrected chi connectivity index (χ3v) is 6.41. The summed E-state index contributed by atoms with van der Waals surface area (Å²) in [7, 11) is 0. The van der Waals surface area contributed by atoms with E-state index in [0.717, 1.165) is 56.9 Å². The highest BCUT2D eigenvalue weighted by Gasteiger charge is 2.20. The molecule has 3 aromatic rings. The molecule has 30 heavy (non-hydrogen) atoms. The summed E-state index contributed by atoms with van der Waals surface area (Å²) in [5.41, 5.74) is 13.8. The number of nitrogens with zero attached hydrogens (tertiary/aromatic N) is 2. The Labute approximate surface area is 178 Å². The molecule has 154 valence electrons. The lowest BCUT2D eigenvalue weighted by Crippen LogP contribution is -2.33. The maximum atomic E-state index is 6.32. The first kappa shape index (κ1) is 19.1. The number of benzene rings is 2. The molecule has 4 heteroatoms. The second-order valence-electron chi connectivity index (χ2n) is 8.37. The first-order chi connectivity index (χ1) is 14.8. The molecule has 0 bridgehead atoms. The molecule has 0 radical (unpaired) electrons. The van der Waals surface area contributed by atoms with Crippen LogP contribution >= 0.6 is 0 Å². The Hall–Kier alpha value is -2.85. The Balaban J connectivity index is 1.30. The summed E-state index contributed by atoms with van der Waals surface area (Å²) in [6, 6.07) is 19.0. The summed E-state index contributed by atoms with van der Waals surface area (Å²) in [4.78, 5) is 7.05. The van der Waals surface area contributed by atoms with E-state index in [4.69, 9.17) is 10.5 Å². The molecule has 4 nitrogen and oxygen atoms in total. The maximum absolute atomic E-state index is 6.32. The number of aromatic nitrogens is 1. The SMILES string of the molecule is Nc1cccc(-c2ccc(OCCN3CCc4ccccc4C3)c3c2CCCC3)n1. The second-order valence-corrected chi connectivity index (χ2v) is 8.37. The quantitative estimate of drug-likeness (QED) is 0.679. The molecule has 0 unspecified atom stereocenters. The van der Waals surface area contributed by atoms with Crippen LogP contribution in [0, 0.1) is 0 Å². The first-order valence-electron chi connectivity index (χ1n) is 11.1. The van der Waals surface area contributed by atoms with E-state index in [2.05, 4.69) is 52.3 Å². The van der Waals surface area contributed by atoms with Gasteiger partial charge in [0.05, 0.1) is 5.69 Å². The van der Waals surface area contributed by atoms with Crippen molar-refractivity contribution >= 4 is 5.82 Å². The van der Waals surface area contributed by atoms with Gasteiger partial charge >= 0.3 is 0 Å². The number of nitrogens with two attached hydrogens (primary N) is 1. The van der Waals surface area contributed by atoms with Crippen molar-refractivity contribution < 1.29 is 4.74 Å². The van der Waals surface area contributed by atoms with Gasteiger partial charge in [0.15, 0.2) is 0 Å². The molecule has 0 amide bonds. The molecule has 2 heterocycles. The van der Waals surface area contributed by atoms with Gasteiger partial charge in [-0.25, -0.2) is 4.98 Å². The van der Waals surface area contributed by atoms with E-state index in [9.17, 15) is 0 Å². The van der Waals surface area contributed by atoms with Crippen LogP contribution in [0.5, 0.6) is 5.75 Å². The second kappa shape index (κ2) is 8.49. The van der Waals surface area contributed by atoms with Crippen molar-refractivity contribution in [3.05, 3.63) is 76.9 Å². The zero-order valence-electron chi connectivity index (χ0n) is 17.4. The topological polar surface area (TPSA) is 51.4 Å². The summed E-state index contributed by atoms with van der Waals surface area (Å²) >= 11 is 0. The molecule has 0 atom stereocenters. The Bertz CT molecular complexity index is 1050. The van der Waals surface area contributed by atoms with Gasteiger partial charge in [-0.2, -0.15) is 0 Å². The predicted molar refractivity (Wildman–Crippen MR) is 122 cm³/mol. The van der Waals surface area contributed by atoms with Gasteiger partial charge in [0, 0.05) is 25.2 Å². The zero-order chi connectivity index (χ0) is 20.3. The molecule has 1 aliphatic carbocycles. The third-order valence-electron chi connectivity index (χ3n) is 6.41. The number of nitrogen functional groups attached to an aromatic ring is 1. The van der Waals surface area contributed by atoms with Gasteiger partial charge in [0.1, 0.15) is 18.2 Å². The van der Waals surface area contributed by atoms with Crippen LogP contribution in [0.15, 0.2) is 54.6 Å². The van der Waals surface area contributed by atoms with Crippen LogP contribution in [0.1, 0.15) is 35.1 Å². The molecule has 5 rings (SSSR count). The fourth-order valence-corrected chi connectivity index (χ4v) is 4.84. The molecule has 1 aliphatic heterocycles. The van der Waals surface area contributed by atoms with Crippen molar-refractivity contribution in [3.8, 4) is 17.0 Å². The zero-order valence-corrected chi connectivity index (χ0v) is 17.4. The highest BCUT2D eigenvalue weighted by atomic mass is 16.5. The molecule has 2 aromatic carbocycles. The van der Waals surface area contributed by atoms with Crippen LogP contribution in [-0.4, -0.2) is 29.6 Å². The molecule has 2 N–H and O–H groups in total. The van der Waals surface area contributed by atoms with E-state index in [0.29, 0.717) is 5.82 Å². The summed E-state index contributed by atoms with van der Waals surface area (Å²) in [5.74, 6) is 1.62. The largest absolute Gasteiger partial charge is 0.492 e. The Morgan fingerprint density at radius 3 is 2.57 bits per heavy atom. The van der Waals surface area contributed by atoms with Crippen molar-refractivity contribution in [1.29, 1.82) is 0 Å². The number of hydrogen-bond acceptors (Lipinski definition) is 4. The van der Waals surface area contributed by atoms with Gasteiger partial charge in [-0.15, -0.1) is 0 Å². The summed E-state index contributed by atoms with van der Waals surface area (Å²) < 4.78 is 6.32. The van der Waals surface area contributed by atoms with Crippen LogP contribution in [0.2, 0.25) is 0 Å². The summed E-state index contributed by atoms with van der Waals surface area (Å²) in [5, 5.41) is 0. The number of fused-ring (bicyclic) bond motifs is 2. The van der Waals surface area contributed by atoms with E-state index in [-0.39, 0.29) is 0 Å². The fraction of sp³-hybridized carbons (Fsp3) is 0.346. The lowest BCUT2D eigenvalue weighted by atomic mass is 9.86. The third kappa shape index (κ3) is 3.92. The summed E-state index contributed by atoms with van der Waals surface area (Å²) in [6.45, 7) is 3.82. The highest BCUT2D eigenvalue weighted by Crippen LogP contribution is 2.36. The predicted octanol–water partition coefficient (Wildman–Crippen LogP) is 4.65. The lowest BCUT2D eigenvalue weighted by molar-refractivity contribution is 0.195. The average molecular weight is 400 g/mol. The van der Waals surface area contributed by atoms with Gasteiger partial charge in [0.25, 0.3) is 0 Å². The van der Waals surface area contributed by atoms with E-state index < -0.39 is 0 Å². The number of anilines is 1. The van der Waals surface area contributed by atoms with E-state index in [1.807, 2.05) is 12.1 Å². The smallest absolute Gasteiger partial charge is 0.124 e. The average Bonchev–Trinajstić information content (AvgIpc) is 2.79. The summed E-state index contributed by atoms with van der Waals surface area (Å²) in [6.07, 6.45) is 5.74. The number of pyridine rings is 1. The highest BCUT2D eigenvalue weighted by molar-refractivity contribution is 5.69. The van der Waals surface area contributed by atoms with Crippen molar-refractivity contribution in [3.63, 3.8) is 0 Å². The van der Waals surface area contributed by atoms with E-state index >= 15 is 0 Å². The van der Waals surface area contributed by atoms with Crippen LogP contribution in [0.3, 0.4) is 0 Å². The van der Waals surface area contributed by atoms with Crippen molar-refractivity contribution in [2.45, 2.75) is 38.6 Å². The molecular weight excluding hydrogens is 370 g/mol. The number of rotatable bonds is 5. The van der Waals surface area contributed by atoms with E-state index in [1.54, 1.807) is 0 Å². The van der Waals surface area contributed by atoms with Crippen molar-refractivity contribution in [2.75, 3.05) is 25.4 Å². The first-order valence-corrected chi connectivity index (χ1v) is 11.1. The van der Waals surface area contributed by atoms with Gasteiger partial charge in [-0.05, 0) is 78.6 Å². The Kier molecular flexibility index (Phi) is 5.41. The van der Waals surface area contributed by atoms with Crippen LogP contribution < -0.4 is 10.5 Å². The van der Waals surface area contributed by atoms with Crippen molar-refractivity contribution in [2.24, 2.45) is 0 Å². The van der Waals surface area contributed by atoms with Gasteiger partial charge in [0.2, 0.25) is 0 Å². The number of ether oxygens (including phenoxy) is 1. The molecule has 0 spiro atoms.